The highest BCUT2D eigenvalue weighted by Crippen LogP contribution is 2.32. The molecule has 7 heteroatoms. The maximum atomic E-state index is 12.9. The van der Waals surface area contributed by atoms with Gasteiger partial charge in [-0.3, -0.25) is 9.59 Å². The van der Waals surface area contributed by atoms with E-state index in [4.69, 9.17) is 0 Å². The van der Waals surface area contributed by atoms with Gasteiger partial charge in [-0.2, -0.15) is 0 Å². The Morgan fingerprint density at radius 3 is 2.27 bits per heavy atom. The van der Waals surface area contributed by atoms with E-state index in [2.05, 4.69) is 18.6 Å². The third-order valence-corrected chi connectivity index (χ3v) is 7.31. The quantitative estimate of drug-likeness (QED) is 0.766. The molecule has 0 bridgehead atoms. The molecular weight excluding hydrogens is 400 g/mol. The predicted octanol–water partition coefficient (Wildman–Crippen LogP) is 3.16. The van der Waals surface area contributed by atoms with Crippen molar-refractivity contribution in [1.82, 2.24) is 9.62 Å². The molecule has 0 saturated carbocycles. The van der Waals surface area contributed by atoms with Gasteiger partial charge >= 0.3 is 0 Å². The molecule has 1 fully saturated rings. The molecule has 1 atom stereocenters. The lowest BCUT2D eigenvalue weighted by molar-refractivity contribution is -0.156. The highest BCUT2D eigenvalue weighted by atomic mass is 32.2. The Morgan fingerprint density at radius 2 is 1.73 bits per heavy atom. The molecule has 1 unspecified atom stereocenters. The summed E-state index contributed by atoms with van der Waals surface area (Å²) in [5, 5.41) is 0. The van der Waals surface area contributed by atoms with Gasteiger partial charge in [-0.25, -0.2) is 13.1 Å². The number of likely N-dealkylation sites (tertiary alicyclic amines) is 1. The molecule has 0 aromatic heterocycles. The van der Waals surface area contributed by atoms with Crippen molar-refractivity contribution in [2.24, 2.45) is 0 Å². The number of hydrogen-bond donors (Lipinski definition) is 1. The maximum absolute atomic E-state index is 12.9. The zero-order chi connectivity index (χ0) is 22.1. The van der Waals surface area contributed by atoms with Gasteiger partial charge < -0.3 is 4.90 Å². The van der Waals surface area contributed by atoms with Crippen molar-refractivity contribution in [3.8, 4) is 0 Å². The summed E-state index contributed by atoms with van der Waals surface area (Å²) in [6.45, 7) is 7.92. The van der Waals surface area contributed by atoms with E-state index >= 15 is 0 Å². The second-order valence-electron chi connectivity index (χ2n) is 8.34. The molecule has 1 aliphatic heterocycles. The number of nitrogens with zero attached hydrogens (tertiary/aromatic N) is 1. The van der Waals surface area contributed by atoms with Crippen LogP contribution in [0.1, 0.15) is 49.8 Å². The third kappa shape index (κ3) is 4.26. The summed E-state index contributed by atoms with van der Waals surface area (Å²) in [6.07, 6.45) is 0.589. The molecule has 1 N–H and O–H groups in total. The number of carbonyl (C=O) groups excluding carboxylic acids is 2. The van der Waals surface area contributed by atoms with Crippen LogP contribution in [0, 0.1) is 6.92 Å². The van der Waals surface area contributed by atoms with Gasteiger partial charge in [-0.15, -0.1) is 0 Å². The Morgan fingerprint density at radius 1 is 1.10 bits per heavy atom. The van der Waals surface area contributed by atoms with Crippen LogP contribution < -0.4 is 4.72 Å². The monoisotopic (exact) mass is 428 g/mol. The Kier molecular flexibility index (Phi) is 6.04. The van der Waals surface area contributed by atoms with E-state index in [1.165, 1.54) is 16.5 Å². The van der Waals surface area contributed by atoms with Crippen LogP contribution in [0.25, 0.3) is 0 Å². The molecular formula is C23H28N2O4S. The minimum atomic E-state index is -4.01. The summed E-state index contributed by atoms with van der Waals surface area (Å²) in [6, 6.07) is 14.3. The summed E-state index contributed by atoms with van der Waals surface area (Å²) >= 11 is 0. The largest absolute Gasteiger partial charge is 0.328 e. The van der Waals surface area contributed by atoms with Gasteiger partial charge in [-0.05, 0) is 48.9 Å². The number of amides is 2. The second kappa shape index (κ2) is 8.22. The average molecular weight is 429 g/mol. The van der Waals surface area contributed by atoms with Crippen molar-refractivity contribution in [3.63, 3.8) is 0 Å². The van der Waals surface area contributed by atoms with E-state index in [9.17, 15) is 18.0 Å². The molecule has 1 saturated heterocycles. The number of benzene rings is 2. The van der Waals surface area contributed by atoms with E-state index in [0.717, 1.165) is 5.56 Å². The van der Waals surface area contributed by atoms with E-state index < -0.39 is 21.5 Å². The van der Waals surface area contributed by atoms with Crippen LogP contribution in [0.3, 0.4) is 0 Å². The van der Waals surface area contributed by atoms with Crippen molar-refractivity contribution in [1.29, 1.82) is 0 Å². The van der Waals surface area contributed by atoms with Gasteiger partial charge in [0, 0.05) is 6.54 Å². The molecule has 0 radical (unpaired) electrons. The minimum Gasteiger partial charge on any atom is -0.328 e. The van der Waals surface area contributed by atoms with Crippen molar-refractivity contribution < 1.29 is 18.0 Å². The molecule has 0 aliphatic carbocycles. The lowest BCUT2D eigenvalue weighted by Gasteiger charge is -2.49. The lowest BCUT2D eigenvalue weighted by Crippen LogP contribution is -2.68. The van der Waals surface area contributed by atoms with E-state index in [1.807, 2.05) is 24.3 Å². The first-order chi connectivity index (χ1) is 14.0. The fourth-order valence-corrected chi connectivity index (χ4v) is 4.95. The molecule has 3 rings (SSSR count). The number of carbonyl (C=O) groups is 2. The van der Waals surface area contributed by atoms with Crippen molar-refractivity contribution in [3.05, 3.63) is 65.2 Å². The molecule has 1 aliphatic rings. The SMILES string of the molecule is Cc1ccccc1S(=O)(=O)NC(=O)C1(C)CCN1C(=O)Cc1ccc(C(C)C)cc1. The van der Waals surface area contributed by atoms with E-state index in [1.54, 1.807) is 32.0 Å². The molecule has 1 heterocycles. The first kappa shape index (κ1) is 22.0. The summed E-state index contributed by atoms with van der Waals surface area (Å²) < 4.78 is 27.5. The second-order valence-corrected chi connectivity index (χ2v) is 9.99. The number of aryl methyl sites for hydroxylation is 1. The summed E-state index contributed by atoms with van der Waals surface area (Å²) in [4.78, 5) is 27.2. The highest BCUT2D eigenvalue weighted by molar-refractivity contribution is 7.90. The molecule has 0 spiro atoms. The fraction of sp³-hybridized carbons (Fsp3) is 0.391. The van der Waals surface area contributed by atoms with Gasteiger partial charge in [-0.1, -0.05) is 56.3 Å². The average Bonchev–Trinajstić information content (AvgIpc) is 2.66. The van der Waals surface area contributed by atoms with Crippen LogP contribution in [-0.2, 0) is 26.0 Å². The number of hydrogen-bond acceptors (Lipinski definition) is 4. The maximum Gasteiger partial charge on any atom is 0.264 e. The molecule has 2 amide bonds. The highest BCUT2D eigenvalue weighted by Gasteiger charge is 2.50. The van der Waals surface area contributed by atoms with Gasteiger partial charge in [0.25, 0.3) is 15.9 Å². The summed E-state index contributed by atoms with van der Waals surface area (Å²) in [5.74, 6) is -0.461. The predicted molar refractivity (Wildman–Crippen MR) is 115 cm³/mol. The van der Waals surface area contributed by atoms with Crippen LogP contribution in [0.15, 0.2) is 53.4 Å². The normalized spacial score (nSPS) is 18.8. The molecule has 2 aromatic rings. The van der Waals surface area contributed by atoms with Gasteiger partial charge in [0.15, 0.2) is 0 Å². The van der Waals surface area contributed by atoms with E-state index in [0.29, 0.717) is 24.4 Å². The summed E-state index contributed by atoms with van der Waals surface area (Å²) in [7, 11) is -4.01. The standard InChI is InChI=1S/C23H28N2O4S/c1-16(2)19-11-9-18(10-12-19)15-21(26)25-14-13-23(25,4)22(27)24-30(28,29)20-8-6-5-7-17(20)3/h5-12,16H,13-15H2,1-4H3,(H,24,27). The first-order valence-electron chi connectivity index (χ1n) is 10.1. The van der Waals surface area contributed by atoms with Crippen molar-refractivity contribution in [2.45, 2.75) is 56.9 Å². The number of rotatable bonds is 6. The first-order valence-corrected chi connectivity index (χ1v) is 11.5. The number of nitrogens with one attached hydrogen (secondary N) is 1. The smallest absolute Gasteiger partial charge is 0.264 e. The minimum absolute atomic E-state index is 0.0596. The van der Waals surface area contributed by atoms with Crippen LogP contribution in [0.4, 0.5) is 0 Å². The van der Waals surface area contributed by atoms with Crippen LogP contribution in [-0.4, -0.2) is 37.2 Å². The fourth-order valence-electron chi connectivity index (χ4n) is 3.63. The Bertz CT molecular complexity index is 1060. The van der Waals surface area contributed by atoms with Gasteiger partial charge in [0.1, 0.15) is 5.54 Å². The van der Waals surface area contributed by atoms with Crippen molar-refractivity contribution >= 4 is 21.8 Å². The van der Waals surface area contributed by atoms with Gasteiger partial charge in [0.2, 0.25) is 5.91 Å². The molecule has 160 valence electrons. The van der Waals surface area contributed by atoms with Crippen LogP contribution in [0.5, 0.6) is 0 Å². The Labute approximate surface area is 178 Å². The zero-order valence-electron chi connectivity index (χ0n) is 17.8. The van der Waals surface area contributed by atoms with Crippen molar-refractivity contribution in [2.75, 3.05) is 6.54 Å². The third-order valence-electron chi connectivity index (χ3n) is 5.82. The number of sulfonamides is 1. The van der Waals surface area contributed by atoms with Crippen LogP contribution in [0.2, 0.25) is 0 Å². The Balaban J connectivity index is 1.71. The van der Waals surface area contributed by atoms with Crippen LogP contribution >= 0.6 is 0 Å². The Hall–Kier alpha value is -2.67. The molecule has 30 heavy (non-hydrogen) atoms. The molecule has 2 aromatic carbocycles. The molecule has 6 nitrogen and oxygen atoms in total. The lowest BCUT2D eigenvalue weighted by atomic mass is 9.85. The van der Waals surface area contributed by atoms with E-state index in [-0.39, 0.29) is 17.2 Å². The summed E-state index contributed by atoms with van der Waals surface area (Å²) in [5.41, 5.74) is 1.44. The topological polar surface area (TPSA) is 83.6 Å². The zero-order valence-corrected chi connectivity index (χ0v) is 18.6. The van der Waals surface area contributed by atoms with Gasteiger partial charge in [0.05, 0.1) is 11.3 Å².